The van der Waals surface area contributed by atoms with Gasteiger partial charge in [-0.15, -0.1) is 0 Å². The Bertz CT molecular complexity index is 2800. The summed E-state index contributed by atoms with van der Waals surface area (Å²) >= 11 is 0. The summed E-state index contributed by atoms with van der Waals surface area (Å²) in [6, 6.07) is 19.7. The van der Waals surface area contributed by atoms with Crippen molar-refractivity contribution in [1.82, 2.24) is 34.6 Å². The number of hydrogen-bond acceptors (Lipinski definition) is 10. The number of rotatable bonds is 13. The van der Waals surface area contributed by atoms with Crippen molar-refractivity contribution in [2.75, 3.05) is 43.4 Å². The number of carbonyl (C=O) groups is 6. The third-order valence-corrected chi connectivity index (χ3v) is 13.3. The summed E-state index contributed by atoms with van der Waals surface area (Å²) in [7, 11) is 0. The van der Waals surface area contributed by atoms with Crippen LogP contribution in [0.2, 0.25) is 0 Å². The van der Waals surface area contributed by atoms with E-state index in [0.29, 0.717) is 35.8 Å². The van der Waals surface area contributed by atoms with Gasteiger partial charge < -0.3 is 15.5 Å². The van der Waals surface area contributed by atoms with Gasteiger partial charge in [0.25, 0.3) is 17.7 Å². The second-order valence-corrected chi connectivity index (χ2v) is 17.6. The summed E-state index contributed by atoms with van der Waals surface area (Å²) < 4.78 is 1.71. The highest BCUT2D eigenvalue weighted by molar-refractivity contribution is 6.26. The van der Waals surface area contributed by atoms with Gasteiger partial charge in [-0.2, -0.15) is 5.10 Å². The number of nitrogens with one attached hydrogen (secondary N) is 3. The first-order chi connectivity index (χ1) is 32.1. The molecule has 338 valence electrons. The molecule has 2 unspecified atom stereocenters. The SMILES string of the molecule is Cc1ccc(NC(=O)c2ccc3c(c2)CCCC3N2CCN(CCCCCCCC(=O)Nc3cccc4c3C(=O)N(C3CCC(=O)NC3=O)C4=O)CC2)cc1C#Cc1cnc2cccnn12. The van der Waals surface area contributed by atoms with Gasteiger partial charge in [-0.05, 0) is 123 Å². The normalized spacial score (nSPS) is 18.7. The predicted molar refractivity (Wildman–Crippen MR) is 248 cm³/mol. The van der Waals surface area contributed by atoms with Crippen molar-refractivity contribution in [3.8, 4) is 11.8 Å². The van der Waals surface area contributed by atoms with Crippen LogP contribution in [0.5, 0.6) is 0 Å². The molecule has 4 aliphatic rings. The summed E-state index contributed by atoms with van der Waals surface area (Å²) in [4.78, 5) is 87.4. The lowest BCUT2D eigenvalue weighted by Gasteiger charge is -2.41. The van der Waals surface area contributed by atoms with E-state index in [2.05, 4.69) is 59.8 Å². The highest BCUT2D eigenvalue weighted by atomic mass is 16.2. The van der Waals surface area contributed by atoms with Crippen molar-refractivity contribution in [2.24, 2.45) is 0 Å². The van der Waals surface area contributed by atoms with Gasteiger partial charge in [0, 0.05) is 68.1 Å². The van der Waals surface area contributed by atoms with Crippen molar-refractivity contribution in [1.29, 1.82) is 0 Å². The molecule has 1 aliphatic carbocycles. The van der Waals surface area contributed by atoms with Crippen LogP contribution < -0.4 is 16.0 Å². The Morgan fingerprint density at radius 1 is 0.818 bits per heavy atom. The maximum Gasteiger partial charge on any atom is 0.264 e. The highest BCUT2D eigenvalue weighted by Crippen LogP contribution is 2.36. The number of nitrogens with zero attached hydrogens (tertiary/aromatic N) is 6. The summed E-state index contributed by atoms with van der Waals surface area (Å²) in [6.07, 6.45) is 11.8. The van der Waals surface area contributed by atoms with Crippen LogP contribution in [-0.2, 0) is 20.8 Å². The number of piperazine rings is 1. The van der Waals surface area contributed by atoms with Crippen molar-refractivity contribution in [3.63, 3.8) is 0 Å². The fourth-order valence-corrected chi connectivity index (χ4v) is 9.67. The van der Waals surface area contributed by atoms with Gasteiger partial charge in [0.1, 0.15) is 11.7 Å². The number of anilines is 2. The third-order valence-electron chi connectivity index (χ3n) is 13.3. The van der Waals surface area contributed by atoms with Gasteiger partial charge in [0.05, 0.1) is 23.0 Å². The summed E-state index contributed by atoms with van der Waals surface area (Å²) in [5, 5.41) is 12.4. The third kappa shape index (κ3) is 9.52. The molecule has 3 aliphatic heterocycles. The van der Waals surface area contributed by atoms with Crippen LogP contribution in [0.4, 0.5) is 11.4 Å². The fraction of sp³-hybridized carbons (Fsp3) is 0.373. The Labute approximate surface area is 383 Å². The van der Waals surface area contributed by atoms with Crippen molar-refractivity contribution >= 4 is 52.5 Å². The molecule has 2 aromatic heterocycles. The molecule has 3 N–H and O–H groups in total. The topological polar surface area (TPSA) is 178 Å². The van der Waals surface area contributed by atoms with E-state index in [-0.39, 0.29) is 41.5 Å². The van der Waals surface area contributed by atoms with E-state index >= 15 is 0 Å². The number of piperidine rings is 1. The van der Waals surface area contributed by atoms with Crippen LogP contribution >= 0.6 is 0 Å². The molecular weight excluding hydrogens is 835 g/mol. The lowest BCUT2D eigenvalue weighted by Crippen LogP contribution is -2.54. The van der Waals surface area contributed by atoms with Crippen LogP contribution in [0.25, 0.3) is 5.65 Å². The van der Waals surface area contributed by atoms with Gasteiger partial charge in [0.2, 0.25) is 17.7 Å². The molecule has 0 spiro atoms. The number of unbranched alkanes of at least 4 members (excludes halogenated alkanes) is 4. The molecule has 9 rings (SSSR count). The van der Waals surface area contributed by atoms with Crippen LogP contribution in [-0.4, -0.2) is 104 Å². The van der Waals surface area contributed by atoms with E-state index < -0.39 is 29.7 Å². The Hall–Kier alpha value is -7.02. The zero-order chi connectivity index (χ0) is 45.7. The lowest BCUT2D eigenvalue weighted by molar-refractivity contribution is -0.136. The van der Waals surface area contributed by atoms with Crippen LogP contribution in [0.15, 0.2) is 79.1 Å². The molecule has 2 saturated heterocycles. The number of carbonyl (C=O) groups excluding carboxylic acids is 6. The number of aromatic nitrogens is 3. The van der Waals surface area contributed by atoms with E-state index in [0.717, 1.165) is 99.3 Å². The molecular formula is C51H53N9O6. The standard InChI is InChI=1S/C51H53N9O6/c1-33-16-19-37(31-34(33)17-20-38-32-52-44-14-9-24-53-60(38)44)54-48(63)36-18-21-39-35(30-36)10-7-13-42(39)58-28-26-57(27-29-58)25-6-4-2-3-5-15-45(61)55-41-12-8-11-40-47(41)51(66)59(50(40)65)43-22-23-46(62)56-49(43)64/h8-9,11-12,14,16,18-19,21,24,30-32,42-43H,2-7,10,13,15,22-23,25-29H2,1H3,(H,54,63)(H,55,61)(H,56,62,64). The molecule has 5 heterocycles. The minimum Gasteiger partial charge on any atom is -0.325 e. The first-order valence-corrected chi connectivity index (χ1v) is 23.1. The molecule has 6 amide bonds. The average molecular weight is 888 g/mol. The largest absolute Gasteiger partial charge is 0.325 e. The van der Waals surface area contributed by atoms with Gasteiger partial charge in [-0.3, -0.25) is 43.9 Å². The van der Waals surface area contributed by atoms with E-state index in [1.165, 1.54) is 17.2 Å². The van der Waals surface area contributed by atoms with Crippen LogP contribution in [0.3, 0.4) is 0 Å². The number of benzene rings is 3. The molecule has 66 heavy (non-hydrogen) atoms. The number of hydrogen-bond donors (Lipinski definition) is 3. The summed E-state index contributed by atoms with van der Waals surface area (Å²) in [6.45, 7) is 7.10. The number of imidazole rings is 1. The van der Waals surface area contributed by atoms with Gasteiger partial charge in [-0.1, -0.05) is 43.4 Å². The van der Waals surface area contributed by atoms with E-state index in [4.69, 9.17) is 0 Å². The second-order valence-electron chi connectivity index (χ2n) is 17.6. The Kier molecular flexibility index (Phi) is 13.1. The smallest absolute Gasteiger partial charge is 0.264 e. The first kappa shape index (κ1) is 44.2. The molecule has 3 aromatic carbocycles. The Morgan fingerprint density at radius 2 is 1.65 bits per heavy atom. The minimum absolute atomic E-state index is 0.0380. The molecule has 15 heteroatoms. The van der Waals surface area contributed by atoms with Gasteiger partial charge >= 0.3 is 0 Å². The van der Waals surface area contributed by atoms with E-state index in [1.807, 2.05) is 43.3 Å². The van der Waals surface area contributed by atoms with E-state index in [1.54, 1.807) is 29.0 Å². The molecule has 0 saturated carbocycles. The number of fused-ring (bicyclic) bond motifs is 3. The van der Waals surface area contributed by atoms with Crippen LogP contribution in [0, 0.1) is 18.8 Å². The Balaban J connectivity index is 0.690. The molecule has 0 radical (unpaired) electrons. The zero-order valence-electron chi connectivity index (χ0n) is 37.1. The van der Waals surface area contributed by atoms with Crippen molar-refractivity contribution in [3.05, 3.63) is 124 Å². The summed E-state index contributed by atoms with van der Waals surface area (Å²) in [5.41, 5.74) is 7.67. The molecule has 2 atom stereocenters. The highest BCUT2D eigenvalue weighted by Gasteiger charge is 2.45. The second kappa shape index (κ2) is 19.6. The fourth-order valence-electron chi connectivity index (χ4n) is 9.67. The van der Waals surface area contributed by atoms with Gasteiger partial charge in [-0.25, -0.2) is 9.50 Å². The maximum absolute atomic E-state index is 13.5. The number of amides is 6. The van der Waals surface area contributed by atoms with Crippen molar-refractivity contribution in [2.45, 2.75) is 89.6 Å². The number of imide groups is 2. The van der Waals surface area contributed by atoms with Crippen LogP contribution in [0.1, 0.15) is 129 Å². The lowest BCUT2D eigenvalue weighted by atomic mass is 9.85. The quantitative estimate of drug-likeness (QED) is 0.0715. The molecule has 15 nitrogen and oxygen atoms in total. The van der Waals surface area contributed by atoms with Crippen molar-refractivity contribution < 1.29 is 28.8 Å². The Morgan fingerprint density at radius 3 is 2.50 bits per heavy atom. The zero-order valence-corrected chi connectivity index (χ0v) is 37.1. The molecule has 0 bridgehead atoms. The predicted octanol–water partition coefficient (Wildman–Crippen LogP) is 6.07. The molecule has 5 aromatic rings. The number of aryl methyl sites for hydroxylation is 2. The average Bonchev–Trinajstić information content (AvgIpc) is 3.85. The maximum atomic E-state index is 13.5. The first-order valence-electron chi connectivity index (χ1n) is 23.1. The van der Waals surface area contributed by atoms with Gasteiger partial charge in [0.15, 0.2) is 5.65 Å². The summed E-state index contributed by atoms with van der Waals surface area (Å²) in [5.74, 6) is 3.69. The molecule has 2 fully saturated rings. The van der Waals surface area contributed by atoms with E-state index in [9.17, 15) is 28.8 Å². The minimum atomic E-state index is -1.06. The monoisotopic (exact) mass is 887 g/mol.